The predicted octanol–water partition coefficient (Wildman–Crippen LogP) is 5.49. The quantitative estimate of drug-likeness (QED) is 0.266. The number of ether oxygens (including phenoxy) is 2. The number of halogens is 2. The Morgan fingerprint density at radius 1 is 1.18 bits per heavy atom. The van der Waals surface area contributed by atoms with Gasteiger partial charge in [0.1, 0.15) is 11.6 Å². The van der Waals surface area contributed by atoms with Crippen LogP contribution in [0.15, 0.2) is 42.5 Å². The Balaban J connectivity index is 1.69. The minimum absolute atomic E-state index is 0.00463. The second kappa shape index (κ2) is 10.8. The number of rotatable bonds is 8. The molecule has 0 radical (unpaired) electrons. The number of fused-ring (bicyclic) bond motifs is 1. The number of cyclic esters (lactones) is 1. The van der Waals surface area contributed by atoms with Gasteiger partial charge in [0.15, 0.2) is 0 Å². The molecule has 2 heterocycles. The van der Waals surface area contributed by atoms with Gasteiger partial charge in [0.25, 0.3) is 0 Å². The van der Waals surface area contributed by atoms with E-state index in [-0.39, 0.29) is 25.1 Å². The molecule has 0 saturated heterocycles. The monoisotopic (exact) mass is 559 g/mol. The summed E-state index contributed by atoms with van der Waals surface area (Å²) in [5, 5.41) is 0.454. The number of benzene rings is 2. The summed E-state index contributed by atoms with van der Waals surface area (Å²) in [5.74, 6) is -0.589. The Morgan fingerprint density at radius 2 is 1.87 bits per heavy atom. The van der Waals surface area contributed by atoms with Gasteiger partial charge < -0.3 is 9.47 Å². The topological polar surface area (TPSA) is 98.7 Å². The van der Waals surface area contributed by atoms with Gasteiger partial charge in [-0.1, -0.05) is 25.4 Å². The van der Waals surface area contributed by atoms with Crippen LogP contribution in [0.25, 0.3) is 17.0 Å². The summed E-state index contributed by atoms with van der Waals surface area (Å²) in [7, 11) is -2.25. The molecular weight excluding hydrogens is 533 g/mol. The van der Waals surface area contributed by atoms with Crippen LogP contribution < -0.4 is 4.31 Å². The molecule has 0 unspecified atom stereocenters. The van der Waals surface area contributed by atoms with Crippen molar-refractivity contribution in [1.29, 1.82) is 0 Å². The first-order valence-corrected chi connectivity index (χ1v) is 14.0. The van der Waals surface area contributed by atoms with E-state index in [2.05, 4.69) is 9.97 Å². The van der Waals surface area contributed by atoms with Crippen LogP contribution in [0.5, 0.6) is 0 Å². The van der Waals surface area contributed by atoms with Crippen molar-refractivity contribution in [2.45, 2.75) is 33.3 Å². The van der Waals surface area contributed by atoms with E-state index in [4.69, 9.17) is 21.1 Å². The molecule has 2 aromatic carbocycles. The largest absolute Gasteiger partial charge is 0.422 e. The molecule has 0 fully saturated rings. The minimum Gasteiger partial charge on any atom is -0.422 e. The van der Waals surface area contributed by atoms with Gasteiger partial charge in [0, 0.05) is 28.8 Å². The van der Waals surface area contributed by atoms with Crippen LogP contribution in [0.3, 0.4) is 0 Å². The Bertz CT molecular complexity index is 1540. The Kier molecular flexibility index (Phi) is 7.87. The molecule has 0 bridgehead atoms. The highest BCUT2D eigenvalue weighted by Crippen LogP contribution is 2.35. The average molecular weight is 560 g/mol. The Labute approximate surface area is 226 Å². The number of hydrogen-bond donors (Lipinski definition) is 0. The lowest BCUT2D eigenvalue weighted by atomic mass is 9.99. The molecule has 0 spiro atoms. The zero-order valence-electron chi connectivity index (χ0n) is 21.6. The first kappa shape index (κ1) is 27.7. The van der Waals surface area contributed by atoms with Gasteiger partial charge in [-0.25, -0.2) is 31.9 Å². The van der Waals surface area contributed by atoms with Crippen LogP contribution in [-0.2, 0) is 26.1 Å². The molecule has 0 N–H and O–H groups in total. The molecule has 1 aliphatic heterocycles. The number of esters is 1. The van der Waals surface area contributed by atoms with Crippen molar-refractivity contribution in [1.82, 2.24) is 9.97 Å². The summed E-state index contributed by atoms with van der Waals surface area (Å²) in [5.41, 5.74) is 4.15. The van der Waals surface area contributed by atoms with E-state index in [9.17, 15) is 17.6 Å². The molecule has 11 heteroatoms. The Hall–Kier alpha value is -3.34. The zero-order valence-corrected chi connectivity index (χ0v) is 23.2. The van der Waals surface area contributed by atoms with Crippen LogP contribution in [-0.4, -0.2) is 44.3 Å². The number of hydrogen-bond acceptors (Lipinski definition) is 7. The summed E-state index contributed by atoms with van der Waals surface area (Å²) in [6.07, 6.45) is 2.74. The van der Waals surface area contributed by atoms with Gasteiger partial charge in [-0.05, 0) is 60.9 Å². The average Bonchev–Trinajstić information content (AvgIpc) is 3.16. The van der Waals surface area contributed by atoms with Gasteiger partial charge >= 0.3 is 5.97 Å². The fourth-order valence-electron chi connectivity index (χ4n) is 4.12. The fourth-order valence-corrected chi connectivity index (χ4v) is 4.77. The third-order valence-corrected chi connectivity index (χ3v) is 7.45. The highest BCUT2D eigenvalue weighted by atomic mass is 35.5. The summed E-state index contributed by atoms with van der Waals surface area (Å²) in [4.78, 5) is 21.4. The van der Waals surface area contributed by atoms with Crippen molar-refractivity contribution in [3.8, 4) is 11.3 Å². The maximum Gasteiger partial charge on any atom is 0.344 e. The summed E-state index contributed by atoms with van der Waals surface area (Å²) in [6.45, 7) is 5.88. The molecule has 38 heavy (non-hydrogen) atoms. The number of carbonyl (C=O) groups excluding carboxylic acids is 1. The highest BCUT2D eigenvalue weighted by molar-refractivity contribution is 7.92. The molecule has 1 aromatic heterocycles. The fraction of sp³-hybridized carbons (Fsp3) is 0.296. The second-order valence-electron chi connectivity index (χ2n) is 9.25. The first-order chi connectivity index (χ1) is 17.9. The van der Waals surface area contributed by atoms with Gasteiger partial charge in [0.05, 0.1) is 36.4 Å². The van der Waals surface area contributed by atoms with Crippen LogP contribution in [0.1, 0.15) is 52.5 Å². The van der Waals surface area contributed by atoms with Gasteiger partial charge in [-0.2, -0.15) is 0 Å². The van der Waals surface area contributed by atoms with E-state index >= 15 is 0 Å². The van der Waals surface area contributed by atoms with Crippen molar-refractivity contribution in [3.63, 3.8) is 0 Å². The normalized spacial score (nSPS) is 14.2. The van der Waals surface area contributed by atoms with Crippen molar-refractivity contribution in [2.24, 2.45) is 0 Å². The number of anilines is 1. The molecule has 8 nitrogen and oxygen atoms in total. The molecular formula is C27H27ClFN3O5S. The van der Waals surface area contributed by atoms with E-state index in [1.54, 1.807) is 30.3 Å². The molecule has 0 amide bonds. The van der Waals surface area contributed by atoms with Crippen molar-refractivity contribution in [3.05, 3.63) is 81.3 Å². The lowest BCUT2D eigenvalue weighted by molar-refractivity contribution is 0.0713. The number of sulfonamides is 1. The lowest BCUT2D eigenvalue weighted by Crippen LogP contribution is -2.28. The number of aryl methyl sites for hydroxylation is 1. The molecule has 200 valence electrons. The molecule has 3 aromatic rings. The van der Waals surface area contributed by atoms with Gasteiger partial charge in [-0.15, -0.1) is 0 Å². The third kappa shape index (κ3) is 5.72. The van der Waals surface area contributed by atoms with E-state index in [1.165, 1.54) is 19.2 Å². The molecule has 0 atom stereocenters. The molecule has 4 rings (SSSR count). The van der Waals surface area contributed by atoms with Crippen LogP contribution in [0, 0.1) is 12.7 Å². The number of nitrogens with zero attached hydrogens (tertiary/aromatic N) is 3. The molecule has 0 saturated carbocycles. The zero-order chi connectivity index (χ0) is 27.8. The SMILES string of the molecule is Cc1cc(Cl)cc2c1/C(=C/COCc1c(-c3ccc(F)cc3)nc(N(C)S(C)(=O)=O)nc1C(C)C)OC2=O. The summed E-state index contributed by atoms with van der Waals surface area (Å²) < 4.78 is 50.4. The van der Waals surface area contributed by atoms with Gasteiger partial charge in [-0.3, -0.25) is 0 Å². The second-order valence-corrected chi connectivity index (χ2v) is 11.7. The van der Waals surface area contributed by atoms with Gasteiger partial charge in [0.2, 0.25) is 16.0 Å². The van der Waals surface area contributed by atoms with Crippen molar-refractivity contribution >= 4 is 39.3 Å². The maximum absolute atomic E-state index is 13.7. The first-order valence-electron chi connectivity index (χ1n) is 11.8. The van der Waals surface area contributed by atoms with E-state index in [0.29, 0.717) is 44.4 Å². The molecule has 1 aliphatic rings. The van der Waals surface area contributed by atoms with E-state index in [0.717, 1.165) is 16.1 Å². The van der Waals surface area contributed by atoms with Crippen LogP contribution in [0.4, 0.5) is 10.3 Å². The Morgan fingerprint density at radius 3 is 2.50 bits per heavy atom. The maximum atomic E-state index is 13.7. The minimum atomic E-state index is -3.62. The number of carbonyl (C=O) groups is 1. The van der Waals surface area contributed by atoms with Crippen LogP contribution >= 0.6 is 11.6 Å². The smallest absolute Gasteiger partial charge is 0.344 e. The van der Waals surface area contributed by atoms with E-state index in [1.807, 2.05) is 20.8 Å². The summed E-state index contributed by atoms with van der Waals surface area (Å²) >= 11 is 6.09. The van der Waals surface area contributed by atoms with E-state index < -0.39 is 21.8 Å². The standard InChI is InChI=1S/C27H27ClFN3O5S/c1-15(2)24-21(14-36-11-10-22-23-16(3)12-18(28)13-20(23)26(33)37-22)25(17-6-8-19(29)9-7-17)31-27(30-24)32(4)38(5,34)35/h6-10,12-13,15H,11,14H2,1-5H3/b22-10-. The summed E-state index contributed by atoms with van der Waals surface area (Å²) in [6, 6.07) is 9.09. The van der Waals surface area contributed by atoms with Crippen LogP contribution in [0.2, 0.25) is 5.02 Å². The lowest BCUT2D eigenvalue weighted by Gasteiger charge is -2.21. The van der Waals surface area contributed by atoms with Crippen molar-refractivity contribution < 1.29 is 27.1 Å². The molecule has 0 aliphatic carbocycles. The highest BCUT2D eigenvalue weighted by Gasteiger charge is 2.29. The third-order valence-electron chi connectivity index (χ3n) is 6.07. The van der Waals surface area contributed by atoms with Crippen molar-refractivity contribution in [2.75, 3.05) is 24.2 Å². The number of aromatic nitrogens is 2. The predicted molar refractivity (Wildman–Crippen MR) is 144 cm³/mol.